The number of nitrogens with zero attached hydrogens (tertiary/aromatic N) is 1. The van der Waals surface area contributed by atoms with Crippen LogP contribution in [0.1, 0.15) is 23.2 Å². The van der Waals surface area contributed by atoms with Crippen LogP contribution in [0, 0.1) is 11.7 Å². The van der Waals surface area contributed by atoms with Crippen molar-refractivity contribution in [2.45, 2.75) is 12.8 Å². The number of hydrogen-bond donors (Lipinski definition) is 0. The predicted octanol–water partition coefficient (Wildman–Crippen LogP) is 2.61. The number of halogens is 2. The molecule has 6 heteroatoms. The van der Waals surface area contributed by atoms with Gasteiger partial charge in [-0.1, -0.05) is 6.07 Å². The second-order valence-electron chi connectivity index (χ2n) is 4.71. The van der Waals surface area contributed by atoms with E-state index in [0.29, 0.717) is 19.5 Å². The highest BCUT2D eigenvalue weighted by atomic mass is 79.9. The molecule has 1 aromatic carbocycles. The molecule has 0 saturated carbocycles. The first-order valence-electron chi connectivity index (χ1n) is 6.35. The van der Waals surface area contributed by atoms with Crippen LogP contribution in [0.25, 0.3) is 0 Å². The molecule has 1 aliphatic rings. The Kier molecular flexibility index (Phi) is 4.75. The molecule has 0 bridgehead atoms. The Morgan fingerprint density at radius 1 is 1.45 bits per heavy atom. The summed E-state index contributed by atoms with van der Waals surface area (Å²) in [4.78, 5) is 25.5. The molecule has 0 spiro atoms. The molecule has 0 aliphatic carbocycles. The van der Waals surface area contributed by atoms with Crippen molar-refractivity contribution in [1.29, 1.82) is 0 Å². The summed E-state index contributed by atoms with van der Waals surface area (Å²) in [6.45, 7) is 0.879. The van der Waals surface area contributed by atoms with Crippen molar-refractivity contribution in [3.05, 3.63) is 34.1 Å². The topological polar surface area (TPSA) is 46.6 Å². The minimum Gasteiger partial charge on any atom is -0.469 e. The molecular weight excluding hydrogens is 329 g/mol. The fourth-order valence-electron chi connectivity index (χ4n) is 2.36. The molecule has 1 fully saturated rings. The molecule has 1 aliphatic heterocycles. The lowest BCUT2D eigenvalue weighted by Gasteiger charge is -2.31. The minimum absolute atomic E-state index is 0.158. The SMILES string of the molecule is COC(=O)[C@H]1CCCN(C(=O)c2cccc(F)c2Br)C1. The molecule has 0 unspecified atom stereocenters. The van der Waals surface area contributed by atoms with Gasteiger partial charge in [-0.05, 0) is 40.9 Å². The van der Waals surface area contributed by atoms with Gasteiger partial charge in [0.05, 0.1) is 23.1 Å². The summed E-state index contributed by atoms with van der Waals surface area (Å²) in [5, 5.41) is 0. The van der Waals surface area contributed by atoms with E-state index in [0.717, 1.165) is 6.42 Å². The number of piperidine rings is 1. The van der Waals surface area contributed by atoms with Gasteiger partial charge in [0.25, 0.3) is 5.91 Å². The number of hydrogen-bond acceptors (Lipinski definition) is 3. The van der Waals surface area contributed by atoms with Crippen LogP contribution in [-0.2, 0) is 9.53 Å². The van der Waals surface area contributed by atoms with Gasteiger partial charge in [0.2, 0.25) is 0 Å². The predicted molar refractivity (Wildman–Crippen MR) is 74.7 cm³/mol. The first-order valence-corrected chi connectivity index (χ1v) is 7.15. The van der Waals surface area contributed by atoms with E-state index >= 15 is 0 Å². The molecule has 0 N–H and O–H groups in total. The Labute approximate surface area is 125 Å². The largest absolute Gasteiger partial charge is 0.469 e. The third kappa shape index (κ3) is 3.00. The van der Waals surface area contributed by atoms with Crippen molar-refractivity contribution in [3.63, 3.8) is 0 Å². The van der Waals surface area contributed by atoms with E-state index < -0.39 is 5.82 Å². The monoisotopic (exact) mass is 343 g/mol. The van der Waals surface area contributed by atoms with Gasteiger partial charge in [-0.3, -0.25) is 9.59 Å². The average Bonchev–Trinajstić information content (AvgIpc) is 2.48. The number of esters is 1. The smallest absolute Gasteiger partial charge is 0.310 e. The van der Waals surface area contributed by atoms with Crippen LogP contribution in [-0.4, -0.2) is 37.0 Å². The molecule has 1 heterocycles. The number of likely N-dealkylation sites (tertiary alicyclic amines) is 1. The number of amides is 1. The van der Waals surface area contributed by atoms with Crippen LogP contribution in [0.3, 0.4) is 0 Å². The van der Waals surface area contributed by atoms with E-state index in [-0.39, 0.29) is 27.8 Å². The van der Waals surface area contributed by atoms with Gasteiger partial charge in [0.1, 0.15) is 5.82 Å². The summed E-state index contributed by atoms with van der Waals surface area (Å²) in [6, 6.07) is 4.35. The Morgan fingerprint density at radius 2 is 2.20 bits per heavy atom. The van der Waals surface area contributed by atoms with Crippen molar-refractivity contribution >= 4 is 27.8 Å². The summed E-state index contributed by atoms with van der Waals surface area (Å²) in [5.74, 6) is -1.35. The summed E-state index contributed by atoms with van der Waals surface area (Å²) in [6.07, 6.45) is 1.44. The molecule has 108 valence electrons. The van der Waals surface area contributed by atoms with Crippen molar-refractivity contribution in [2.24, 2.45) is 5.92 Å². The second-order valence-corrected chi connectivity index (χ2v) is 5.51. The van der Waals surface area contributed by atoms with E-state index in [1.807, 2.05) is 0 Å². The van der Waals surface area contributed by atoms with Gasteiger partial charge in [-0.15, -0.1) is 0 Å². The summed E-state index contributed by atoms with van der Waals surface area (Å²) in [7, 11) is 1.34. The minimum atomic E-state index is -0.475. The first-order chi connectivity index (χ1) is 9.54. The molecule has 0 radical (unpaired) electrons. The molecule has 20 heavy (non-hydrogen) atoms. The highest BCUT2D eigenvalue weighted by molar-refractivity contribution is 9.10. The van der Waals surface area contributed by atoms with Gasteiger partial charge in [0.15, 0.2) is 0 Å². The maximum absolute atomic E-state index is 13.5. The number of carbonyl (C=O) groups excluding carboxylic acids is 2. The highest BCUT2D eigenvalue weighted by Crippen LogP contribution is 2.25. The Bertz CT molecular complexity index is 535. The lowest BCUT2D eigenvalue weighted by Crippen LogP contribution is -2.42. The van der Waals surface area contributed by atoms with Gasteiger partial charge >= 0.3 is 5.97 Å². The Balaban J connectivity index is 2.16. The third-order valence-corrected chi connectivity index (χ3v) is 4.23. The normalized spacial score (nSPS) is 18.8. The van der Waals surface area contributed by atoms with E-state index in [4.69, 9.17) is 4.74 Å². The first kappa shape index (κ1) is 15.0. The number of methoxy groups -OCH3 is 1. The zero-order valence-electron chi connectivity index (χ0n) is 11.1. The quantitative estimate of drug-likeness (QED) is 0.775. The van der Waals surface area contributed by atoms with Gasteiger partial charge in [0, 0.05) is 13.1 Å². The maximum atomic E-state index is 13.5. The fraction of sp³-hybridized carbons (Fsp3) is 0.429. The highest BCUT2D eigenvalue weighted by Gasteiger charge is 2.30. The van der Waals surface area contributed by atoms with Gasteiger partial charge in [-0.25, -0.2) is 4.39 Å². The van der Waals surface area contributed by atoms with Crippen LogP contribution in [0.2, 0.25) is 0 Å². The Morgan fingerprint density at radius 3 is 2.90 bits per heavy atom. The average molecular weight is 344 g/mol. The second kappa shape index (κ2) is 6.35. The number of benzene rings is 1. The molecular formula is C14H15BrFNO3. The lowest BCUT2D eigenvalue weighted by atomic mass is 9.97. The molecule has 4 nitrogen and oxygen atoms in total. The lowest BCUT2D eigenvalue weighted by molar-refractivity contribution is -0.146. The van der Waals surface area contributed by atoms with Crippen LogP contribution in [0.15, 0.2) is 22.7 Å². The molecule has 1 atom stereocenters. The molecule has 2 rings (SSSR count). The van der Waals surface area contributed by atoms with Crippen LogP contribution in [0.4, 0.5) is 4.39 Å². The zero-order chi connectivity index (χ0) is 14.7. The van der Waals surface area contributed by atoms with Crippen molar-refractivity contribution in [1.82, 2.24) is 4.90 Å². The van der Waals surface area contributed by atoms with Crippen molar-refractivity contribution in [3.8, 4) is 0 Å². The summed E-state index contributed by atoms with van der Waals surface area (Å²) >= 11 is 3.09. The van der Waals surface area contributed by atoms with Gasteiger partial charge in [-0.2, -0.15) is 0 Å². The van der Waals surface area contributed by atoms with Crippen LogP contribution >= 0.6 is 15.9 Å². The zero-order valence-corrected chi connectivity index (χ0v) is 12.7. The van der Waals surface area contributed by atoms with E-state index in [2.05, 4.69) is 15.9 Å². The van der Waals surface area contributed by atoms with Crippen molar-refractivity contribution in [2.75, 3.05) is 20.2 Å². The van der Waals surface area contributed by atoms with E-state index in [9.17, 15) is 14.0 Å². The fourth-order valence-corrected chi connectivity index (χ4v) is 2.79. The van der Waals surface area contributed by atoms with E-state index in [1.54, 1.807) is 11.0 Å². The Hall–Kier alpha value is -1.43. The number of carbonyl (C=O) groups is 2. The van der Waals surface area contributed by atoms with Crippen LogP contribution < -0.4 is 0 Å². The third-order valence-electron chi connectivity index (χ3n) is 3.43. The molecule has 1 saturated heterocycles. The molecule has 0 aromatic heterocycles. The molecule has 1 aromatic rings. The summed E-state index contributed by atoms with van der Waals surface area (Å²) in [5.41, 5.74) is 0.274. The summed E-state index contributed by atoms with van der Waals surface area (Å²) < 4.78 is 18.4. The number of rotatable bonds is 2. The van der Waals surface area contributed by atoms with Crippen molar-refractivity contribution < 1.29 is 18.7 Å². The standard InChI is InChI=1S/C14H15BrFNO3/c1-20-14(19)9-4-3-7-17(8-9)13(18)10-5-2-6-11(16)12(10)15/h2,5-6,9H,3-4,7-8H2,1H3/t9-/m0/s1. The van der Waals surface area contributed by atoms with Gasteiger partial charge < -0.3 is 9.64 Å². The number of ether oxygens (including phenoxy) is 1. The molecule has 1 amide bonds. The van der Waals surface area contributed by atoms with E-state index in [1.165, 1.54) is 19.2 Å². The van der Waals surface area contributed by atoms with Crippen LogP contribution in [0.5, 0.6) is 0 Å². The maximum Gasteiger partial charge on any atom is 0.310 e.